The Hall–Kier alpha value is -0.780. The zero-order valence-corrected chi connectivity index (χ0v) is 9.61. The first-order chi connectivity index (χ1) is 6.96. The lowest BCUT2D eigenvalue weighted by Crippen LogP contribution is -2.07. The van der Waals surface area contributed by atoms with Crippen LogP contribution in [0.15, 0.2) is 6.08 Å². The molecule has 6 heteroatoms. The number of halogens is 4. The summed E-state index contributed by atoms with van der Waals surface area (Å²) in [5.74, 6) is 0. The maximum absolute atomic E-state index is 12.4. The second-order valence-corrected chi connectivity index (χ2v) is 3.78. The van der Waals surface area contributed by atoms with Gasteiger partial charge in [-0.15, -0.1) is 0 Å². The lowest BCUT2D eigenvalue weighted by Gasteiger charge is -2.03. The molecule has 0 amide bonds. The van der Waals surface area contributed by atoms with E-state index in [1.165, 1.54) is 6.08 Å². The van der Waals surface area contributed by atoms with Crippen LogP contribution in [0.4, 0.5) is 13.2 Å². The quantitative estimate of drug-likeness (QED) is 0.844. The van der Waals surface area contributed by atoms with Crippen LogP contribution >= 0.6 is 15.9 Å². The third-order valence-electron chi connectivity index (χ3n) is 1.82. The maximum Gasteiger partial charge on any atom is 0.435 e. The van der Waals surface area contributed by atoms with E-state index in [4.69, 9.17) is 0 Å². The summed E-state index contributed by atoms with van der Waals surface area (Å²) in [6.07, 6.45) is -0.592. The molecule has 1 heterocycles. The molecule has 1 N–H and O–H groups in total. The molecule has 0 atom stereocenters. The molecule has 84 valence electrons. The first-order valence-electron chi connectivity index (χ1n) is 4.31. The second kappa shape index (κ2) is 4.83. The third-order valence-corrected chi connectivity index (χ3v) is 2.28. The van der Waals surface area contributed by atoms with Crippen molar-refractivity contribution in [1.29, 1.82) is 0 Å². The van der Waals surface area contributed by atoms with Crippen molar-refractivity contribution in [2.24, 2.45) is 0 Å². The summed E-state index contributed by atoms with van der Waals surface area (Å²) >= 11 is 3.19. The molecular formula is C9H10BrF3N2. The summed E-state index contributed by atoms with van der Waals surface area (Å²) < 4.78 is 37.3. The minimum atomic E-state index is -4.40. The highest BCUT2D eigenvalue weighted by molar-refractivity contribution is 9.09. The van der Waals surface area contributed by atoms with E-state index in [1.807, 2.05) is 0 Å². The fourth-order valence-electron chi connectivity index (χ4n) is 1.12. The van der Waals surface area contributed by atoms with Crippen LogP contribution in [-0.2, 0) is 6.18 Å². The number of rotatable bonds is 3. The molecule has 0 aliphatic rings. The van der Waals surface area contributed by atoms with Gasteiger partial charge in [0, 0.05) is 16.6 Å². The van der Waals surface area contributed by atoms with Crippen LogP contribution < -0.4 is 0 Å². The van der Waals surface area contributed by atoms with E-state index in [1.54, 1.807) is 13.0 Å². The van der Waals surface area contributed by atoms with Crippen LogP contribution in [0.3, 0.4) is 0 Å². The van der Waals surface area contributed by atoms with E-state index < -0.39 is 11.9 Å². The number of alkyl halides is 4. The van der Waals surface area contributed by atoms with Crippen molar-refractivity contribution in [3.8, 4) is 0 Å². The van der Waals surface area contributed by atoms with E-state index in [9.17, 15) is 13.2 Å². The summed E-state index contributed by atoms with van der Waals surface area (Å²) in [7, 11) is 0. The highest BCUT2D eigenvalue weighted by Gasteiger charge is 2.36. The van der Waals surface area contributed by atoms with E-state index >= 15 is 0 Å². The number of aromatic amines is 1. The van der Waals surface area contributed by atoms with Crippen LogP contribution in [0.1, 0.15) is 23.4 Å². The van der Waals surface area contributed by atoms with E-state index in [0.29, 0.717) is 12.1 Å². The predicted molar refractivity (Wildman–Crippen MR) is 55.8 cm³/mol. The number of H-pyrrole nitrogens is 1. The Morgan fingerprint density at radius 1 is 1.47 bits per heavy atom. The molecular weight excluding hydrogens is 273 g/mol. The third kappa shape index (κ3) is 3.09. The molecule has 1 aromatic heterocycles. The monoisotopic (exact) mass is 282 g/mol. The van der Waals surface area contributed by atoms with Gasteiger partial charge in [-0.05, 0) is 13.3 Å². The molecule has 15 heavy (non-hydrogen) atoms. The van der Waals surface area contributed by atoms with Gasteiger partial charge in [-0.1, -0.05) is 28.1 Å². The molecule has 0 aromatic carbocycles. The average Bonchev–Trinajstić information content (AvgIpc) is 2.48. The van der Waals surface area contributed by atoms with E-state index in [2.05, 4.69) is 26.1 Å². The molecule has 0 aliphatic carbocycles. The largest absolute Gasteiger partial charge is 0.435 e. The van der Waals surface area contributed by atoms with Crippen molar-refractivity contribution < 1.29 is 13.2 Å². The van der Waals surface area contributed by atoms with Crippen LogP contribution in [0.25, 0.3) is 6.08 Å². The van der Waals surface area contributed by atoms with Gasteiger partial charge in [0.25, 0.3) is 0 Å². The number of aryl methyl sites for hydroxylation is 1. The van der Waals surface area contributed by atoms with Crippen molar-refractivity contribution in [3.05, 3.63) is 23.0 Å². The van der Waals surface area contributed by atoms with Gasteiger partial charge >= 0.3 is 6.18 Å². The first kappa shape index (κ1) is 12.3. The number of hydrogen-bond acceptors (Lipinski definition) is 1. The molecule has 0 spiro atoms. The summed E-state index contributed by atoms with van der Waals surface area (Å²) in [6, 6.07) is 0. The Morgan fingerprint density at radius 2 is 2.13 bits per heavy atom. The van der Waals surface area contributed by atoms with Gasteiger partial charge in [0.05, 0.1) is 0 Å². The minimum absolute atomic E-state index is 0.114. The SMILES string of the molecule is Cc1[nH]nc(C(F)(F)F)c1C=CCCBr. The summed E-state index contributed by atoms with van der Waals surface area (Å²) in [4.78, 5) is 0. The normalized spacial score (nSPS) is 12.6. The fraction of sp³-hybridized carbons (Fsp3) is 0.444. The Kier molecular flexibility index (Phi) is 3.96. The van der Waals surface area contributed by atoms with Crippen molar-refractivity contribution >= 4 is 22.0 Å². The number of nitrogens with zero attached hydrogens (tertiary/aromatic N) is 1. The molecule has 0 unspecified atom stereocenters. The van der Waals surface area contributed by atoms with Crippen molar-refractivity contribution in [1.82, 2.24) is 10.2 Å². The molecule has 0 fully saturated rings. The van der Waals surface area contributed by atoms with Crippen LogP contribution in [-0.4, -0.2) is 15.5 Å². The lowest BCUT2D eigenvalue weighted by atomic mass is 10.1. The fourth-order valence-corrected chi connectivity index (χ4v) is 1.39. The highest BCUT2D eigenvalue weighted by atomic mass is 79.9. The molecule has 0 radical (unpaired) electrons. The number of aromatic nitrogens is 2. The zero-order valence-electron chi connectivity index (χ0n) is 8.03. The van der Waals surface area contributed by atoms with Crippen LogP contribution in [0, 0.1) is 6.92 Å². The van der Waals surface area contributed by atoms with E-state index in [-0.39, 0.29) is 5.56 Å². The summed E-state index contributed by atoms with van der Waals surface area (Å²) in [5, 5.41) is 6.31. The van der Waals surface area contributed by atoms with Gasteiger partial charge in [0.15, 0.2) is 5.69 Å². The zero-order chi connectivity index (χ0) is 11.5. The number of allylic oxidation sites excluding steroid dienone is 1. The Labute approximate surface area is 93.7 Å². The molecule has 1 aromatic rings. The predicted octanol–water partition coefficient (Wildman–Crippen LogP) is 3.54. The van der Waals surface area contributed by atoms with Gasteiger partial charge < -0.3 is 0 Å². The van der Waals surface area contributed by atoms with Crippen LogP contribution in [0.5, 0.6) is 0 Å². The van der Waals surface area contributed by atoms with Crippen molar-refractivity contribution in [2.75, 3.05) is 5.33 Å². The smallest absolute Gasteiger partial charge is 0.282 e. The Bertz CT molecular complexity index is 355. The van der Waals surface area contributed by atoms with Crippen molar-refractivity contribution in [3.63, 3.8) is 0 Å². The molecule has 0 saturated heterocycles. The summed E-state index contributed by atoms with van der Waals surface area (Å²) in [6.45, 7) is 1.57. The van der Waals surface area contributed by atoms with Crippen molar-refractivity contribution in [2.45, 2.75) is 19.5 Å². The Morgan fingerprint density at radius 3 is 2.67 bits per heavy atom. The standard InChI is InChI=1S/C9H10BrF3N2/c1-6-7(4-2-3-5-10)8(15-14-6)9(11,12)13/h2,4H,3,5H2,1H3,(H,14,15). The van der Waals surface area contributed by atoms with Gasteiger partial charge in [-0.2, -0.15) is 18.3 Å². The van der Waals surface area contributed by atoms with Gasteiger partial charge in [0.2, 0.25) is 0 Å². The van der Waals surface area contributed by atoms with Gasteiger partial charge in [0.1, 0.15) is 0 Å². The minimum Gasteiger partial charge on any atom is -0.282 e. The highest BCUT2D eigenvalue weighted by Crippen LogP contribution is 2.32. The average molecular weight is 283 g/mol. The first-order valence-corrected chi connectivity index (χ1v) is 5.43. The van der Waals surface area contributed by atoms with E-state index in [0.717, 1.165) is 5.33 Å². The summed E-state index contributed by atoms with van der Waals surface area (Å²) in [5.41, 5.74) is -0.317. The van der Waals surface area contributed by atoms with Gasteiger partial charge in [-0.3, -0.25) is 5.10 Å². The van der Waals surface area contributed by atoms with Crippen LogP contribution in [0.2, 0.25) is 0 Å². The number of hydrogen-bond donors (Lipinski definition) is 1. The van der Waals surface area contributed by atoms with Gasteiger partial charge in [-0.25, -0.2) is 0 Å². The maximum atomic E-state index is 12.4. The molecule has 0 bridgehead atoms. The molecule has 0 aliphatic heterocycles. The molecule has 2 nitrogen and oxygen atoms in total. The molecule has 1 rings (SSSR count). The Balaban J connectivity index is 3.00. The second-order valence-electron chi connectivity index (χ2n) is 2.99. The topological polar surface area (TPSA) is 28.7 Å². The molecule has 0 saturated carbocycles. The number of nitrogens with one attached hydrogen (secondary N) is 1. The lowest BCUT2D eigenvalue weighted by molar-refractivity contribution is -0.141.